The summed E-state index contributed by atoms with van der Waals surface area (Å²) in [6, 6.07) is 3.01. The molecule has 1 aromatic heterocycles. The predicted octanol–water partition coefficient (Wildman–Crippen LogP) is 2.54. The van der Waals surface area contributed by atoms with Gasteiger partial charge in [0.05, 0.1) is 12.2 Å². The van der Waals surface area contributed by atoms with Crippen LogP contribution in [-0.2, 0) is 11.3 Å². The summed E-state index contributed by atoms with van der Waals surface area (Å²) in [5, 5.41) is 0. The Hall–Kier alpha value is -0.960. The van der Waals surface area contributed by atoms with Crippen LogP contribution in [0.2, 0.25) is 0 Å². The van der Waals surface area contributed by atoms with Gasteiger partial charge in [0, 0.05) is 6.20 Å². The molecule has 0 saturated heterocycles. The Morgan fingerprint density at radius 3 is 2.54 bits per heavy atom. The second kappa shape index (κ2) is 3.83. The van der Waals surface area contributed by atoms with Crippen LogP contribution in [-0.4, -0.2) is 10.6 Å². The van der Waals surface area contributed by atoms with Crippen LogP contribution in [0.4, 0.5) is 4.39 Å². The fourth-order valence-corrected chi connectivity index (χ4v) is 0.792. The molecule has 0 aliphatic carbocycles. The molecule has 0 spiro atoms. The van der Waals surface area contributed by atoms with Crippen LogP contribution in [0.3, 0.4) is 0 Å². The molecule has 3 heteroatoms. The Morgan fingerprint density at radius 1 is 1.38 bits per heavy atom. The lowest BCUT2D eigenvalue weighted by atomic mass is 10.2. The van der Waals surface area contributed by atoms with Crippen molar-refractivity contribution in [1.29, 1.82) is 0 Å². The summed E-state index contributed by atoms with van der Waals surface area (Å²) in [7, 11) is 0. The van der Waals surface area contributed by atoms with E-state index in [4.69, 9.17) is 4.74 Å². The molecule has 0 N–H and O–H groups in total. The molecule has 1 aromatic rings. The van der Waals surface area contributed by atoms with E-state index >= 15 is 0 Å². The highest BCUT2D eigenvalue weighted by Gasteiger charge is 2.09. The van der Waals surface area contributed by atoms with Crippen molar-refractivity contribution in [2.45, 2.75) is 33.0 Å². The molecule has 0 aliphatic heterocycles. The van der Waals surface area contributed by atoms with Gasteiger partial charge in [-0.25, -0.2) is 4.98 Å². The molecule has 0 bridgehead atoms. The molecule has 0 aromatic carbocycles. The monoisotopic (exact) mass is 183 g/mol. The third-order valence-electron chi connectivity index (χ3n) is 1.46. The maximum Gasteiger partial charge on any atom is 0.212 e. The van der Waals surface area contributed by atoms with Crippen LogP contribution >= 0.6 is 0 Å². The van der Waals surface area contributed by atoms with Crippen molar-refractivity contribution in [3.8, 4) is 0 Å². The van der Waals surface area contributed by atoms with Crippen LogP contribution in [0.15, 0.2) is 18.3 Å². The summed E-state index contributed by atoms with van der Waals surface area (Å²) in [5.41, 5.74) is 0.713. The number of nitrogens with zero attached hydrogens (tertiary/aromatic N) is 1. The van der Waals surface area contributed by atoms with Gasteiger partial charge in [-0.3, -0.25) is 0 Å². The fraction of sp³-hybridized carbons (Fsp3) is 0.500. The topological polar surface area (TPSA) is 22.1 Å². The van der Waals surface area contributed by atoms with Gasteiger partial charge in [-0.15, -0.1) is 0 Å². The zero-order chi connectivity index (χ0) is 9.90. The number of hydrogen-bond acceptors (Lipinski definition) is 2. The van der Waals surface area contributed by atoms with Crippen molar-refractivity contribution < 1.29 is 9.13 Å². The predicted molar refractivity (Wildman–Crippen MR) is 48.7 cm³/mol. The summed E-state index contributed by atoms with van der Waals surface area (Å²) in [5.74, 6) is -0.459. The largest absolute Gasteiger partial charge is 0.371 e. The van der Waals surface area contributed by atoms with Crippen molar-refractivity contribution in [3.05, 3.63) is 29.8 Å². The maximum absolute atomic E-state index is 12.4. The molecular weight excluding hydrogens is 169 g/mol. The van der Waals surface area contributed by atoms with E-state index in [2.05, 4.69) is 4.98 Å². The average Bonchev–Trinajstić information content (AvgIpc) is 2.02. The van der Waals surface area contributed by atoms with Crippen LogP contribution in [0.1, 0.15) is 26.3 Å². The number of rotatable bonds is 2. The Kier molecular flexibility index (Phi) is 2.98. The van der Waals surface area contributed by atoms with Crippen LogP contribution < -0.4 is 0 Å². The zero-order valence-electron chi connectivity index (χ0n) is 8.17. The third kappa shape index (κ3) is 3.99. The normalized spacial score (nSPS) is 11.7. The molecule has 0 atom stereocenters. The SMILES string of the molecule is CC(C)(C)OCc1ccc(F)nc1. The van der Waals surface area contributed by atoms with E-state index in [0.717, 1.165) is 5.56 Å². The molecule has 72 valence electrons. The summed E-state index contributed by atoms with van der Waals surface area (Å²) in [6.45, 7) is 6.40. The molecule has 2 nitrogen and oxygen atoms in total. The Labute approximate surface area is 77.8 Å². The van der Waals surface area contributed by atoms with Gasteiger partial charge in [-0.2, -0.15) is 4.39 Å². The minimum Gasteiger partial charge on any atom is -0.371 e. The Balaban J connectivity index is 2.51. The van der Waals surface area contributed by atoms with E-state index in [1.54, 1.807) is 6.07 Å². The average molecular weight is 183 g/mol. The minimum atomic E-state index is -0.459. The van der Waals surface area contributed by atoms with E-state index in [1.165, 1.54) is 12.3 Å². The first-order chi connectivity index (χ1) is 5.97. The molecule has 13 heavy (non-hydrogen) atoms. The van der Waals surface area contributed by atoms with E-state index in [-0.39, 0.29) is 5.60 Å². The molecule has 0 unspecified atom stereocenters. The van der Waals surface area contributed by atoms with E-state index in [1.807, 2.05) is 20.8 Å². The third-order valence-corrected chi connectivity index (χ3v) is 1.46. The number of aromatic nitrogens is 1. The first-order valence-electron chi connectivity index (χ1n) is 4.22. The fourth-order valence-electron chi connectivity index (χ4n) is 0.792. The summed E-state index contributed by atoms with van der Waals surface area (Å²) >= 11 is 0. The molecule has 0 fully saturated rings. The van der Waals surface area contributed by atoms with Gasteiger partial charge in [0.2, 0.25) is 5.95 Å². The summed E-state index contributed by atoms with van der Waals surface area (Å²) in [4.78, 5) is 3.53. The van der Waals surface area contributed by atoms with Gasteiger partial charge < -0.3 is 4.74 Å². The Bertz CT molecular complexity index is 263. The summed E-state index contributed by atoms with van der Waals surface area (Å²) < 4.78 is 17.9. The van der Waals surface area contributed by atoms with Gasteiger partial charge in [-0.05, 0) is 32.4 Å². The number of halogens is 1. The molecule has 1 heterocycles. The number of hydrogen-bond donors (Lipinski definition) is 0. The van der Waals surface area contributed by atoms with Gasteiger partial charge in [0.25, 0.3) is 0 Å². The minimum absolute atomic E-state index is 0.172. The van der Waals surface area contributed by atoms with E-state index in [0.29, 0.717) is 6.61 Å². The smallest absolute Gasteiger partial charge is 0.212 e. The van der Waals surface area contributed by atoms with Crippen LogP contribution in [0.5, 0.6) is 0 Å². The lowest BCUT2D eigenvalue weighted by molar-refractivity contribution is -0.0151. The van der Waals surface area contributed by atoms with Gasteiger partial charge in [0.1, 0.15) is 0 Å². The van der Waals surface area contributed by atoms with Crippen molar-refractivity contribution >= 4 is 0 Å². The molecule has 0 saturated carbocycles. The number of pyridine rings is 1. The first-order valence-corrected chi connectivity index (χ1v) is 4.22. The highest BCUT2D eigenvalue weighted by atomic mass is 19.1. The highest BCUT2D eigenvalue weighted by molar-refractivity contribution is 5.07. The van der Waals surface area contributed by atoms with Gasteiger partial charge in [-0.1, -0.05) is 6.07 Å². The van der Waals surface area contributed by atoms with Crippen molar-refractivity contribution in [2.75, 3.05) is 0 Å². The van der Waals surface area contributed by atoms with Gasteiger partial charge in [0.15, 0.2) is 0 Å². The van der Waals surface area contributed by atoms with Crippen LogP contribution in [0.25, 0.3) is 0 Å². The van der Waals surface area contributed by atoms with Crippen molar-refractivity contribution in [2.24, 2.45) is 0 Å². The van der Waals surface area contributed by atoms with Gasteiger partial charge >= 0.3 is 0 Å². The van der Waals surface area contributed by atoms with E-state index < -0.39 is 5.95 Å². The number of ether oxygens (including phenoxy) is 1. The molecule has 1 rings (SSSR count). The Morgan fingerprint density at radius 2 is 2.08 bits per heavy atom. The molecule has 0 aliphatic rings. The molecular formula is C10H14FNO. The highest BCUT2D eigenvalue weighted by Crippen LogP contribution is 2.10. The standard InChI is InChI=1S/C10H14FNO/c1-10(2,3)13-7-8-4-5-9(11)12-6-8/h4-6H,7H2,1-3H3. The molecule has 0 amide bonds. The first kappa shape index (κ1) is 10.1. The second-order valence-corrected chi connectivity index (χ2v) is 3.89. The second-order valence-electron chi connectivity index (χ2n) is 3.89. The van der Waals surface area contributed by atoms with E-state index in [9.17, 15) is 4.39 Å². The summed E-state index contributed by atoms with van der Waals surface area (Å²) in [6.07, 6.45) is 1.49. The lowest BCUT2D eigenvalue weighted by Gasteiger charge is -2.19. The van der Waals surface area contributed by atoms with Crippen molar-refractivity contribution in [3.63, 3.8) is 0 Å². The van der Waals surface area contributed by atoms with Crippen molar-refractivity contribution in [1.82, 2.24) is 4.98 Å². The zero-order valence-corrected chi connectivity index (χ0v) is 8.17. The quantitative estimate of drug-likeness (QED) is 0.657. The molecule has 0 radical (unpaired) electrons. The lowest BCUT2D eigenvalue weighted by Crippen LogP contribution is -2.18. The van der Waals surface area contributed by atoms with Crippen LogP contribution in [0, 0.1) is 5.95 Å². The maximum atomic E-state index is 12.4.